The Morgan fingerprint density at radius 2 is 2.06 bits per heavy atom. The monoisotopic (exact) mass is 277 g/mol. The van der Waals surface area contributed by atoms with Crippen molar-refractivity contribution in [2.24, 2.45) is 0 Å². The van der Waals surface area contributed by atoms with E-state index in [4.69, 9.17) is 16.3 Å². The maximum Gasteiger partial charge on any atom is 0.240 e. The molecular weight excluding hydrogens is 262 g/mol. The first kappa shape index (κ1) is 14.3. The Morgan fingerprint density at radius 1 is 1.35 bits per heavy atom. The van der Waals surface area contributed by atoms with Crippen molar-refractivity contribution in [3.63, 3.8) is 0 Å². The molecule has 1 aromatic carbocycles. The molecule has 0 saturated carbocycles. The largest absolute Gasteiger partial charge is 0.494 e. The predicted molar refractivity (Wildman–Crippen MR) is 68.0 cm³/mol. The molecule has 0 radical (unpaired) electrons. The minimum atomic E-state index is -3.44. The molecule has 0 unspecified atom stereocenters. The topological polar surface area (TPSA) is 55.4 Å². The van der Waals surface area contributed by atoms with E-state index >= 15 is 0 Å². The predicted octanol–water partition coefficient (Wildman–Crippen LogP) is 2.12. The molecule has 0 aliphatic rings. The van der Waals surface area contributed by atoms with Gasteiger partial charge in [0.1, 0.15) is 5.75 Å². The summed E-state index contributed by atoms with van der Waals surface area (Å²) in [7, 11) is -3.44. The van der Waals surface area contributed by atoms with Gasteiger partial charge in [-0.2, -0.15) is 0 Å². The smallest absolute Gasteiger partial charge is 0.240 e. The van der Waals surface area contributed by atoms with Gasteiger partial charge >= 0.3 is 0 Å². The van der Waals surface area contributed by atoms with Crippen LogP contribution >= 0.6 is 11.6 Å². The van der Waals surface area contributed by atoms with Crippen molar-refractivity contribution in [2.45, 2.75) is 24.6 Å². The van der Waals surface area contributed by atoms with Crippen LogP contribution in [0.15, 0.2) is 23.1 Å². The highest BCUT2D eigenvalue weighted by Crippen LogP contribution is 2.24. The van der Waals surface area contributed by atoms with Crippen LogP contribution in [0.4, 0.5) is 0 Å². The van der Waals surface area contributed by atoms with Gasteiger partial charge < -0.3 is 4.74 Å². The number of hydrogen-bond acceptors (Lipinski definition) is 3. The number of hydrogen-bond donors (Lipinski definition) is 1. The minimum Gasteiger partial charge on any atom is -0.494 e. The van der Waals surface area contributed by atoms with E-state index in [9.17, 15) is 8.42 Å². The molecule has 1 rings (SSSR count). The lowest BCUT2D eigenvalue weighted by atomic mass is 10.2. The quantitative estimate of drug-likeness (QED) is 0.811. The van der Waals surface area contributed by atoms with E-state index in [0.717, 1.165) is 0 Å². The van der Waals surface area contributed by atoms with Crippen molar-refractivity contribution in [3.8, 4) is 5.75 Å². The van der Waals surface area contributed by atoms with E-state index in [1.165, 1.54) is 12.1 Å². The number of benzene rings is 1. The van der Waals surface area contributed by atoms with Crippen LogP contribution < -0.4 is 9.46 Å². The van der Waals surface area contributed by atoms with Crippen molar-refractivity contribution >= 4 is 21.6 Å². The second-order valence-electron chi connectivity index (χ2n) is 3.34. The second-order valence-corrected chi connectivity index (χ2v) is 5.37. The number of rotatable bonds is 6. The molecule has 17 heavy (non-hydrogen) atoms. The number of nitrogens with one attached hydrogen (secondary N) is 1. The maximum atomic E-state index is 11.8. The molecule has 1 N–H and O–H groups in total. The van der Waals surface area contributed by atoms with Crippen LogP contribution in [0, 0.1) is 0 Å². The van der Waals surface area contributed by atoms with Crippen LogP contribution in [0.2, 0.25) is 0 Å². The molecule has 0 fully saturated rings. The number of halogens is 1. The van der Waals surface area contributed by atoms with E-state index in [1.807, 2.05) is 6.92 Å². The van der Waals surface area contributed by atoms with Gasteiger partial charge in [0.05, 0.1) is 17.4 Å². The molecule has 0 amide bonds. The molecule has 0 bridgehead atoms. The molecule has 0 saturated heterocycles. The zero-order valence-electron chi connectivity index (χ0n) is 9.86. The molecule has 0 aliphatic carbocycles. The molecule has 0 atom stereocenters. The van der Waals surface area contributed by atoms with E-state index in [1.54, 1.807) is 13.0 Å². The summed E-state index contributed by atoms with van der Waals surface area (Å²) in [5, 5.41) is 0. The van der Waals surface area contributed by atoms with E-state index in [-0.39, 0.29) is 10.8 Å². The molecule has 0 spiro atoms. The highest BCUT2D eigenvalue weighted by Gasteiger charge is 2.15. The van der Waals surface area contributed by atoms with Crippen LogP contribution in [-0.2, 0) is 15.9 Å². The second kappa shape index (κ2) is 6.23. The molecule has 6 heteroatoms. The summed E-state index contributed by atoms with van der Waals surface area (Å²) >= 11 is 5.77. The van der Waals surface area contributed by atoms with Gasteiger partial charge in [-0.25, -0.2) is 13.1 Å². The normalized spacial score (nSPS) is 11.5. The summed E-state index contributed by atoms with van der Waals surface area (Å²) in [5.41, 5.74) is 0.674. The maximum absolute atomic E-state index is 11.8. The lowest BCUT2D eigenvalue weighted by Crippen LogP contribution is -2.23. The Balaban J connectivity index is 3.13. The van der Waals surface area contributed by atoms with Crippen LogP contribution in [0.1, 0.15) is 19.4 Å². The highest BCUT2D eigenvalue weighted by atomic mass is 35.5. The summed E-state index contributed by atoms with van der Waals surface area (Å²) in [4.78, 5) is 0.207. The fourth-order valence-corrected chi connectivity index (χ4v) is 2.70. The zero-order chi connectivity index (χ0) is 12.9. The highest BCUT2D eigenvalue weighted by molar-refractivity contribution is 7.89. The molecule has 4 nitrogen and oxygen atoms in total. The first-order valence-electron chi connectivity index (χ1n) is 5.36. The molecule has 0 heterocycles. The van der Waals surface area contributed by atoms with E-state index in [2.05, 4.69) is 4.72 Å². The van der Waals surface area contributed by atoms with Crippen LogP contribution in [0.25, 0.3) is 0 Å². The van der Waals surface area contributed by atoms with Crippen LogP contribution in [0.3, 0.4) is 0 Å². The zero-order valence-corrected chi connectivity index (χ0v) is 11.4. The molecule has 1 aromatic rings. The van der Waals surface area contributed by atoms with Gasteiger partial charge in [0, 0.05) is 12.1 Å². The number of ether oxygens (including phenoxy) is 1. The lowest BCUT2D eigenvalue weighted by Gasteiger charge is -2.10. The Morgan fingerprint density at radius 3 is 2.59 bits per heavy atom. The number of sulfonamides is 1. The van der Waals surface area contributed by atoms with Crippen molar-refractivity contribution in [1.29, 1.82) is 0 Å². The molecule has 0 aliphatic heterocycles. The number of alkyl halides is 1. The third-order valence-electron chi connectivity index (χ3n) is 2.12. The fourth-order valence-electron chi connectivity index (χ4n) is 1.40. The average molecular weight is 278 g/mol. The first-order valence-corrected chi connectivity index (χ1v) is 7.38. The Labute approximate surface area is 107 Å². The van der Waals surface area contributed by atoms with E-state index < -0.39 is 10.0 Å². The van der Waals surface area contributed by atoms with Gasteiger partial charge in [-0.3, -0.25) is 0 Å². The fraction of sp³-hybridized carbons (Fsp3) is 0.455. The van der Waals surface area contributed by atoms with Gasteiger partial charge in [-0.15, -0.1) is 11.6 Å². The van der Waals surface area contributed by atoms with Crippen molar-refractivity contribution in [1.82, 2.24) is 4.72 Å². The standard InChI is InChI=1S/C11H16ClNO3S/c1-3-13-17(14,15)10-5-6-11(16-4-2)9(7-10)8-12/h5-7,13H,3-4,8H2,1-2H3. The van der Waals surface area contributed by atoms with Gasteiger partial charge in [-0.05, 0) is 25.1 Å². The summed E-state index contributed by atoms with van der Waals surface area (Å²) in [6, 6.07) is 4.68. The third kappa shape index (κ3) is 3.59. The van der Waals surface area contributed by atoms with E-state index in [0.29, 0.717) is 24.5 Å². The van der Waals surface area contributed by atoms with Gasteiger partial charge in [0.25, 0.3) is 0 Å². The molecule has 96 valence electrons. The summed E-state index contributed by atoms with van der Waals surface area (Å²) in [5.74, 6) is 0.836. The Bertz CT molecular complexity index is 474. The minimum absolute atomic E-state index is 0.207. The Kier molecular flexibility index (Phi) is 5.24. The van der Waals surface area contributed by atoms with Crippen LogP contribution in [0.5, 0.6) is 5.75 Å². The van der Waals surface area contributed by atoms with Crippen molar-refractivity contribution in [3.05, 3.63) is 23.8 Å². The summed E-state index contributed by atoms with van der Waals surface area (Å²) < 4.78 is 31.3. The lowest BCUT2D eigenvalue weighted by molar-refractivity contribution is 0.337. The van der Waals surface area contributed by atoms with Crippen LogP contribution in [-0.4, -0.2) is 21.6 Å². The van der Waals surface area contributed by atoms with Gasteiger partial charge in [-0.1, -0.05) is 6.92 Å². The Hall–Kier alpha value is -0.780. The average Bonchev–Trinajstić information content (AvgIpc) is 2.29. The summed E-state index contributed by atoms with van der Waals surface area (Å²) in [6.45, 7) is 4.46. The summed E-state index contributed by atoms with van der Waals surface area (Å²) in [6.07, 6.45) is 0. The third-order valence-corrected chi connectivity index (χ3v) is 3.95. The van der Waals surface area contributed by atoms with Crippen molar-refractivity contribution in [2.75, 3.05) is 13.2 Å². The van der Waals surface area contributed by atoms with Gasteiger partial charge in [0.2, 0.25) is 10.0 Å². The first-order chi connectivity index (χ1) is 8.05. The molecule has 0 aromatic heterocycles. The van der Waals surface area contributed by atoms with Crippen molar-refractivity contribution < 1.29 is 13.2 Å². The SMILES string of the molecule is CCNS(=O)(=O)c1ccc(OCC)c(CCl)c1. The molecular formula is C11H16ClNO3S. The van der Waals surface area contributed by atoms with Gasteiger partial charge in [0.15, 0.2) is 0 Å².